The molecule has 0 heteroatoms. The second kappa shape index (κ2) is 4.11. The molecule has 3 rings (SSSR count). The molecule has 3 aliphatic rings. The number of hydrogen-bond donors (Lipinski definition) is 0. The van der Waals surface area contributed by atoms with E-state index in [9.17, 15) is 0 Å². The molecular formula is C15H26. The van der Waals surface area contributed by atoms with Crippen molar-refractivity contribution < 1.29 is 0 Å². The molecular weight excluding hydrogens is 180 g/mol. The van der Waals surface area contributed by atoms with Gasteiger partial charge in [0.1, 0.15) is 0 Å². The second-order valence-corrected chi connectivity index (χ2v) is 6.40. The Morgan fingerprint density at radius 2 is 0.933 bits per heavy atom. The van der Waals surface area contributed by atoms with E-state index in [-0.39, 0.29) is 0 Å². The van der Waals surface area contributed by atoms with Crippen LogP contribution in [0.1, 0.15) is 77.0 Å². The van der Waals surface area contributed by atoms with Crippen LogP contribution in [-0.4, -0.2) is 0 Å². The molecule has 3 fully saturated rings. The van der Waals surface area contributed by atoms with Crippen molar-refractivity contribution in [2.75, 3.05) is 0 Å². The fourth-order valence-electron chi connectivity index (χ4n) is 5.18. The molecule has 0 aromatic rings. The highest BCUT2D eigenvalue weighted by Crippen LogP contribution is 2.58. The average molecular weight is 206 g/mol. The van der Waals surface area contributed by atoms with Crippen molar-refractivity contribution in [2.45, 2.75) is 77.0 Å². The Morgan fingerprint density at radius 1 is 0.533 bits per heavy atom. The van der Waals surface area contributed by atoms with Crippen LogP contribution in [0.5, 0.6) is 0 Å². The fraction of sp³-hybridized carbons (Fsp3) is 1.00. The van der Waals surface area contributed by atoms with Gasteiger partial charge in [-0.25, -0.2) is 0 Å². The maximum atomic E-state index is 1.60. The van der Waals surface area contributed by atoms with Gasteiger partial charge in [-0.3, -0.25) is 0 Å². The van der Waals surface area contributed by atoms with Gasteiger partial charge in [-0.05, 0) is 55.8 Å². The Kier molecular flexibility index (Phi) is 2.79. The van der Waals surface area contributed by atoms with Crippen molar-refractivity contribution in [3.05, 3.63) is 0 Å². The first-order valence-corrected chi connectivity index (χ1v) is 7.42. The molecule has 0 N–H and O–H groups in total. The Hall–Kier alpha value is 0. The van der Waals surface area contributed by atoms with Gasteiger partial charge >= 0.3 is 0 Å². The Balaban J connectivity index is 1.80. The summed E-state index contributed by atoms with van der Waals surface area (Å²) in [4.78, 5) is 0. The zero-order valence-electron chi connectivity index (χ0n) is 10.1. The van der Waals surface area contributed by atoms with Crippen molar-refractivity contribution in [1.29, 1.82) is 0 Å². The maximum absolute atomic E-state index is 1.60. The van der Waals surface area contributed by atoms with E-state index in [2.05, 4.69) is 0 Å². The van der Waals surface area contributed by atoms with Gasteiger partial charge in [-0.2, -0.15) is 0 Å². The predicted octanol–water partition coefficient (Wildman–Crippen LogP) is 4.93. The molecule has 3 saturated carbocycles. The van der Waals surface area contributed by atoms with E-state index in [4.69, 9.17) is 0 Å². The van der Waals surface area contributed by atoms with E-state index in [0.717, 1.165) is 17.3 Å². The lowest BCUT2D eigenvalue weighted by molar-refractivity contribution is 0.0815. The van der Waals surface area contributed by atoms with Crippen LogP contribution in [0.2, 0.25) is 0 Å². The summed E-state index contributed by atoms with van der Waals surface area (Å²) in [5.41, 5.74) is 0.854. The van der Waals surface area contributed by atoms with Crippen LogP contribution in [0, 0.1) is 17.3 Å². The first-order chi connectivity index (χ1) is 7.42. The minimum absolute atomic E-state index is 0.854. The van der Waals surface area contributed by atoms with Crippen molar-refractivity contribution in [2.24, 2.45) is 17.3 Å². The van der Waals surface area contributed by atoms with Crippen LogP contribution in [-0.2, 0) is 0 Å². The molecule has 86 valence electrons. The molecule has 0 radical (unpaired) electrons. The van der Waals surface area contributed by atoms with E-state index >= 15 is 0 Å². The first kappa shape index (κ1) is 10.2. The van der Waals surface area contributed by atoms with Crippen LogP contribution in [0.4, 0.5) is 0 Å². The zero-order valence-corrected chi connectivity index (χ0v) is 10.1. The van der Waals surface area contributed by atoms with Crippen LogP contribution in [0.3, 0.4) is 0 Å². The van der Waals surface area contributed by atoms with E-state index in [0.29, 0.717) is 0 Å². The Morgan fingerprint density at radius 3 is 1.33 bits per heavy atom. The Labute approximate surface area is 94.8 Å². The quantitative estimate of drug-likeness (QED) is 0.601. The van der Waals surface area contributed by atoms with Crippen molar-refractivity contribution in [3.8, 4) is 0 Å². The molecule has 0 nitrogen and oxygen atoms in total. The minimum atomic E-state index is 0.854. The summed E-state index contributed by atoms with van der Waals surface area (Å²) in [6.07, 6.45) is 18.8. The van der Waals surface area contributed by atoms with E-state index in [1.54, 1.807) is 77.0 Å². The molecule has 0 amide bonds. The van der Waals surface area contributed by atoms with Crippen molar-refractivity contribution in [1.82, 2.24) is 0 Å². The molecule has 15 heavy (non-hydrogen) atoms. The van der Waals surface area contributed by atoms with E-state index < -0.39 is 0 Å². The van der Waals surface area contributed by atoms with Crippen LogP contribution < -0.4 is 0 Å². The SMILES string of the molecule is C1CCC(C2(C3CCCC3)CCCC2)C1. The Bertz CT molecular complexity index is 182. The molecule has 3 aliphatic carbocycles. The summed E-state index contributed by atoms with van der Waals surface area (Å²) in [5.74, 6) is 2.28. The molecule has 0 spiro atoms. The molecule has 0 aromatic carbocycles. The summed E-state index contributed by atoms with van der Waals surface area (Å²) < 4.78 is 0. The van der Waals surface area contributed by atoms with Gasteiger partial charge < -0.3 is 0 Å². The van der Waals surface area contributed by atoms with Gasteiger partial charge in [0.05, 0.1) is 0 Å². The lowest BCUT2D eigenvalue weighted by Crippen LogP contribution is -2.33. The highest BCUT2D eigenvalue weighted by atomic mass is 14.5. The third-order valence-corrected chi connectivity index (χ3v) is 5.87. The van der Waals surface area contributed by atoms with Gasteiger partial charge in [0.2, 0.25) is 0 Å². The summed E-state index contributed by atoms with van der Waals surface area (Å²) in [6.45, 7) is 0. The molecule has 0 atom stereocenters. The van der Waals surface area contributed by atoms with Crippen LogP contribution in [0.25, 0.3) is 0 Å². The summed E-state index contributed by atoms with van der Waals surface area (Å²) >= 11 is 0. The number of rotatable bonds is 2. The van der Waals surface area contributed by atoms with Crippen LogP contribution >= 0.6 is 0 Å². The highest BCUT2D eigenvalue weighted by Gasteiger charge is 2.47. The van der Waals surface area contributed by atoms with E-state index in [1.807, 2.05) is 0 Å². The third-order valence-electron chi connectivity index (χ3n) is 5.87. The lowest BCUT2D eigenvalue weighted by atomic mass is 9.64. The molecule has 0 saturated heterocycles. The summed E-state index contributed by atoms with van der Waals surface area (Å²) in [5, 5.41) is 0. The maximum Gasteiger partial charge on any atom is -0.0241 e. The largest absolute Gasteiger partial charge is 0.0530 e. The smallest absolute Gasteiger partial charge is 0.0241 e. The van der Waals surface area contributed by atoms with Gasteiger partial charge in [-0.15, -0.1) is 0 Å². The molecule has 0 unspecified atom stereocenters. The first-order valence-electron chi connectivity index (χ1n) is 7.42. The number of hydrogen-bond acceptors (Lipinski definition) is 0. The van der Waals surface area contributed by atoms with Crippen molar-refractivity contribution >= 4 is 0 Å². The van der Waals surface area contributed by atoms with Gasteiger partial charge in [0, 0.05) is 0 Å². The zero-order chi connectivity index (χ0) is 10.1. The third kappa shape index (κ3) is 1.65. The average Bonchev–Trinajstić information content (AvgIpc) is 3.02. The van der Waals surface area contributed by atoms with Gasteiger partial charge in [0.15, 0.2) is 0 Å². The molecule has 0 bridgehead atoms. The minimum Gasteiger partial charge on any atom is -0.0530 e. The monoisotopic (exact) mass is 206 g/mol. The van der Waals surface area contributed by atoms with Crippen molar-refractivity contribution in [3.63, 3.8) is 0 Å². The molecule has 0 aliphatic heterocycles. The molecule has 0 aromatic heterocycles. The fourth-order valence-corrected chi connectivity index (χ4v) is 5.18. The normalized spacial score (nSPS) is 32.8. The summed E-state index contributed by atoms with van der Waals surface area (Å²) in [7, 11) is 0. The van der Waals surface area contributed by atoms with Crippen LogP contribution in [0.15, 0.2) is 0 Å². The topological polar surface area (TPSA) is 0 Å². The second-order valence-electron chi connectivity index (χ2n) is 6.40. The standard InChI is InChI=1S/C15H26/c1-2-8-13(7-1)15(11-5-6-12-15)14-9-3-4-10-14/h13-14H,1-12H2. The predicted molar refractivity (Wildman–Crippen MR) is 64.8 cm³/mol. The molecule has 0 heterocycles. The van der Waals surface area contributed by atoms with E-state index in [1.165, 1.54) is 0 Å². The van der Waals surface area contributed by atoms with Gasteiger partial charge in [-0.1, -0.05) is 38.5 Å². The highest BCUT2D eigenvalue weighted by molar-refractivity contribution is 4.98. The summed E-state index contributed by atoms with van der Waals surface area (Å²) in [6, 6.07) is 0. The lowest BCUT2D eigenvalue weighted by Gasteiger charge is -2.41. The van der Waals surface area contributed by atoms with Gasteiger partial charge in [0.25, 0.3) is 0 Å².